The number of hydrogen-bond acceptors (Lipinski definition) is 4. The van der Waals surface area contributed by atoms with Crippen molar-refractivity contribution in [1.82, 2.24) is 4.98 Å². The number of nitrogens with one attached hydrogen (secondary N) is 1. The van der Waals surface area contributed by atoms with Gasteiger partial charge in [0.15, 0.2) is 5.13 Å². The Balaban J connectivity index is 1.94. The minimum absolute atomic E-state index is 0.152. The third-order valence-electron chi connectivity index (χ3n) is 3.28. The number of carbonyl (C=O) groups excluding carboxylic acids is 1. The minimum Gasteiger partial charge on any atom is -0.362 e. The number of rotatable bonds is 3. The number of carbonyl (C=O) groups is 1. The van der Waals surface area contributed by atoms with Gasteiger partial charge < -0.3 is 10.2 Å². The highest BCUT2D eigenvalue weighted by Gasteiger charge is 2.24. The molecule has 0 spiro atoms. The van der Waals surface area contributed by atoms with Crippen LogP contribution in [0.15, 0.2) is 23.6 Å². The number of fused-ring (bicyclic) bond motifs is 1. The van der Waals surface area contributed by atoms with Crippen LogP contribution in [0.3, 0.4) is 0 Å². The van der Waals surface area contributed by atoms with Crippen molar-refractivity contribution in [3.63, 3.8) is 0 Å². The molecular formula is C14H15N3OS. The maximum absolute atomic E-state index is 11.7. The Kier molecular flexibility index (Phi) is 2.98. The standard InChI is InChI=1S/C14H15N3OS/c1-3-15-14-16-11(8-19-14)9-4-5-12-10(6-9)7-13(18)17(12)2/h4-6,8H,3,7H2,1-2H3,(H,15,16). The summed E-state index contributed by atoms with van der Waals surface area (Å²) in [5.74, 6) is 0.152. The third-order valence-corrected chi connectivity index (χ3v) is 4.08. The van der Waals surface area contributed by atoms with Crippen molar-refractivity contribution >= 4 is 28.1 Å². The van der Waals surface area contributed by atoms with Crippen LogP contribution in [0.1, 0.15) is 12.5 Å². The van der Waals surface area contributed by atoms with Crippen LogP contribution in [0.2, 0.25) is 0 Å². The lowest BCUT2D eigenvalue weighted by Crippen LogP contribution is -2.20. The molecule has 1 aliphatic heterocycles. The van der Waals surface area contributed by atoms with Crippen LogP contribution in [0.5, 0.6) is 0 Å². The van der Waals surface area contributed by atoms with Crippen molar-refractivity contribution in [2.24, 2.45) is 0 Å². The average Bonchev–Trinajstić information content (AvgIpc) is 2.96. The van der Waals surface area contributed by atoms with E-state index in [9.17, 15) is 4.79 Å². The van der Waals surface area contributed by atoms with Gasteiger partial charge in [0.25, 0.3) is 0 Å². The summed E-state index contributed by atoms with van der Waals surface area (Å²) in [6.45, 7) is 2.92. The van der Waals surface area contributed by atoms with Crippen molar-refractivity contribution in [2.45, 2.75) is 13.3 Å². The van der Waals surface area contributed by atoms with Gasteiger partial charge in [-0.05, 0) is 24.6 Å². The summed E-state index contributed by atoms with van der Waals surface area (Å²) in [4.78, 5) is 17.9. The molecule has 0 radical (unpaired) electrons. The molecule has 0 bridgehead atoms. The van der Waals surface area contributed by atoms with E-state index in [4.69, 9.17) is 0 Å². The first-order valence-corrected chi connectivity index (χ1v) is 7.16. The SMILES string of the molecule is CCNc1nc(-c2ccc3c(c2)CC(=O)N3C)cs1. The van der Waals surface area contributed by atoms with Crippen molar-refractivity contribution in [1.29, 1.82) is 0 Å². The number of nitrogens with zero attached hydrogens (tertiary/aromatic N) is 2. The Hall–Kier alpha value is -1.88. The van der Waals surface area contributed by atoms with Crippen molar-refractivity contribution in [2.75, 3.05) is 23.8 Å². The zero-order chi connectivity index (χ0) is 13.4. The van der Waals surface area contributed by atoms with E-state index in [1.807, 2.05) is 24.6 Å². The predicted octanol–water partition coefficient (Wildman–Crippen LogP) is 2.76. The highest BCUT2D eigenvalue weighted by Crippen LogP contribution is 2.33. The lowest BCUT2D eigenvalue weighted by molar-refractivity contribution is -0.117. The molecule has 2 aromatic rings. The Labute approximate surface area is 116 Å². The van der Waals surface area contributed by atoms with Crippen LogP contribution in [-0.4, -0.2) is 24.5 Å². The van der Waals surface area contributed by atoms with E-state index < -0.39 is 0 Å². The summed E-state index contributed by atoms with van der Waals surface area (Å²) in [5, 5.41) is 6.19. The summed E-state index contributed by atoms with van der Waals surface area (Å²) in [6.07, 6.45) is 0.490. The van der Waals surface area contributed by atoms with Crippen LogP contribution in [0, 0.1) is 0 Å². The van der Waals surface area contributed by atoms with Gasteiger partial charge in [-0.25, -0.2) is 4.98 Å². The molecule has 0 atom stereocenters. The highest BCUT2D eigenvalue weighted by atomic mass is 32.1. The van der Waals surface area contributed by atoms with Crippen molar-refractivity contribution in [3.05, 3.63) is 29.1 Å². The Morgan fingerprint density at radius 1 is 1.47 bits per heavy atom. The monoisotopic (exact) mass is 273 g/mol. The topological polar surface area (TPSA) is 45.2 Å². The molecule has 2 heterocycles. The van der Waals surface area contributed by atoms with Gasteiger partial charge in [-0.2, -0.15) is 0 Å². The van der Waals surface area contributed by atoms with E-state index in [2.05, 4.69) is 23.3 Å². The molecule has 4 nitrogen and oxygen atoms in total. The molecule has 0 saturated heterocycles. The van der Waals surface area contributed by atoms with Crippen LogP contribution in [-0.2, 0) is 11.2 Å². The number of aromatic nitrogens is 1. The second-order valence-electron chi connectivity index (χ2n) is 4.54. The van der Waals surface area contributed by atoms with Gasteiger partial charge in [0.05, 0.1) is 12.1 Å². The Morgan fingerprint density at radius 3 is 3.11 bits per heavy atom. The Bertz CT molecular complexity index is 635. The van der Waals surface area contributed by atoms with E-state index in [0.717, 1.165) is 34.2 Å². The largest absolute Gasteiger partial charge is 0.362 e. The molecular weight excluding hydrogens is 258 g/mol. The zero-order valence-corrected chi connectivity index (χ0v) is 11.8. The fourth-order valence-corrected chi connectivity index (χ4v) is 3.06. The van der Waals surface area contributed by atoms with Crippen LogP contribution in [0.25, 0.3) is 11.3 Å². The van der Waals surface area contributed by atoms with E-state index in [1.54, 1.807) is 16.2 Å². The summed E-state index contributed by atoms with van der Waals surface area (Å²) in [5.41, 5.74) is 4.13. The Morgan fingerprint density at radius 2 is 2.32 bits per heavy atom. The second kappa shape index (κ2) is 4.66. The fourth-order valence-electron chi connectivity index (χ4n) is 2.27. The second-order valence-corrected chi connectivity index (χ2v) is 5.40. The average molecular weight is 273 g/mol. The van der Waals surface area contributed by atoms with Gasteiger partial charge in [0.2, 0.25) is 5.91 Å². The van der Waals surface area contributed by atoms with Gasteiger partial charge in [-0.15, -0.1) is 11.3 Å². The van der Waals surface area contributed by atoms with Gasteiger partial charge in [0.1, 0.15) is 0 Å². The number of anilines is 2. The van der Waals surface area contributed by atoms with Crippen molar-refractivity contribution < 1.29 is 4.79 Å². The number of likely N-dealkylation sites (N-methyl/N-ethyl adjacent to an activating group) is 1. The predicted molar refractivity (Wildman–Crippen MR) is 78.8 cm³/mol. The maximum atomic E-state index is 11.7. The molecule has 1 aromatic heterocycles. The fraction of sp³-hybridized carbons (Fsp3) is 0.286. The van der Waals surface area contributed by atoms with Gasteiger partial charge >= 0.3 is 0 Å². The summed E-state index contributed by atoms with van der Waals surface area (Å²) < 4.78 is 0. The molecule has 0 aliphatic carbocycles. The minimum atomic E-state index is 0.152. The molecule has 5 heteroatoms. The van der Waals surface area contributed by atoms with Crippen molar-refractivity contribution in [3.8, 4) is 11.3 Å². The van der Waals surface area contributed by atoms with E-state index >= 15 is 0 Å². The number of hydrogen-bond donors (Lipinski definition) is 1. The molecule has 0 unspecified atom stereocenters. The number of benzene rings is 1. The first kappa shape index (κ1) is 12.2. The molecule has 0 saturated carbocycles. The molecule has 1 amide bonds. The van der Waals surface area contributed by atoms with Gasteiger partial charge in [0, 0.05) is 30.2 Å². The zero-order valence-electron chi connectivity index (χ0n) is 10.9. The normalized spacial score (nSPS) is 13.8. The highest BCUT2D eigenvalue weighted by molar-refractivity contribution is 7.14. The third kappa shape index (κ3) is 2.10. The quantitative estimate of drug-likeness (QED) is 0.935. The molecule has 98 valence electrons. The van der Waals surface area contributed by atoms with Gasteiger partial charge in [-0.1, -0.05) is 6.07 Å². The van der Waals surface area contributed by atoms with Gasteiger partial charge in [-0.3, -0.25) is 4.79 Å². The molecule has 3 rings (SSSR count). The van der Waals surface area contributed by atoms with Crippen LogP contribution < -0.4 is 10.2 Å². The molecule has 1 aromatic carbocycles. The van der Waals surface area contributed by atoms with E-state index in [1.165, 1.54) is 0 Å². The summed E-state index contributed by atoms with van der Waals surface area (Å²) >= 11 is 1.60. The maximum Gasteiger partial charge on any atom is 0.231 e. The van der Waals surface area contributed by atoms with Crippen LogP contribution in [0.4, 0.5) is 10.8 Å². The summed E-state index contributed by atoms with van der Waals surface area (Å²) in [7, 11) is 1.82. The smallest absolute Gasteiger partial charge is 0.231 e. The number of amides is 1. The van der Waals surface area contributed by atoms with Crippen LogP contribution >= 0.6 is 11.3 Å². The molecule has 19 heavy (non-hydrogen) atoms. The molecule has 0 fully saturated rings. The lowest BCUT2D eigenvalue weighted by atomic mass is 10.1. The first-order chi connectivity index (χ1) is 9.19. The number of thiazole rings is 1. The lowest BCUT2D eigenvalue weighted by Gasteiger charge is -2.09. The van der Waals surface area contributed by atoms with E-state index in [0.29, 0.717) is 6.42 Å². The first-order valence-electron chi connectivity index (χ1n) is 6.28. The summed E-state index contributed by atoms with van der Waals surface area (Å²) in [6, 6.07) is 6.10. The molecule has 1 N–H and O–H groups in total. The van der Waals surface area contributed by atoms with E-state index in [-0.39, 0.29) is 5.91 Å². The molecule has 1 aliphatic rings.